The van der Waals surface area contributed by atoms with Gasteiger partial charge in [0.25, 0.3) is 0 Å². The Kier molecular flexibility index (Phi) is 4.13. The van der Waals surface area contributed by atoms with E-state index in [0.29, 0.717) is 17.7 Å². The molecule has 1 amide bonds. The van der Waals surface area contributed by atoms with Crippen LogP contribution in [0.15, 0.2) is 24.3 Å². The van der Waals surface area contributed by atoms with E-state index in [1.54, 1.807) is 0 Å². The van der Waals surface area contributed by atoms with Gasteiger partial charge in [-0.05, 0) is 42.4 Å². The minimum Gasteiger partial charge on any atom is -0.399 e. The van der Waals surface area contributed by atoms with Crippen LogP contribution in [0.25, 0.3) is 0 Å². The van der Waals surface area contributed by atoms with Gasteiger partial charge in [-0.1, -0.05) is 26.0 Å². The largest absolute Gasteiger partial charge is 0.399 e. The van der Waals surface area contributed by atoms with E-state index in [0.717, 1.165) is 38.0 Å². The molecular weight excluding hydrogens is 236 g/mol. The SMILES string of the molecule is CC1(C)CCC(=O)N(CCc2ccc(N)cc2)CC1. The van der Waals surface area contributed by atoms with Crippen molar-refractivity contribution in [3.8, 4) is 0 Å². The molecule has 0 radical (unpaired) electrons. The fourth-order valence-electron chi connectivity index (χ4n) is 2.48. The number of rotatable bonds is 3. The molecule has 1 saturated heterocycles. The van der Waals surface area contributed by atoms with E-state index in [1.807, 2.05) is 29.2 Å². The van der Waals surface area contributed by atoms with Crippen molar-refractivity contribution in [3.63, 3.8) is 0 Å². The van der Waals surface area contributed by atoms with Crippen LogP contribution in [0, 0.1) is 5.41 Å². The highest BCUT2D eigenvalue weighted by molar-refractivity contribution is 5.76. The van der Waals surface area contributed by atoms with Crippen molar-refractivity contribution in [2.75, 3.05) is 18.8 Å². The van der Waals surface area contributed by atoms with Gasteiger partial charge in [0.05, 0.1) is 0 Å². The lowest BCUT2D eigenvalue weighted by Gasteiger charge is -2.23. The van der Waals surface area contributed by atoms with E-state index in [-0.39, 0.29) is 0 Å². The van der Waals surface area contributed by atoms with Gasteiger partial charge in [0.15, 0.2) is 0 Å². The number of nitrogens with zero attached hydrogens (tertiary/aromatic N) is 1. The molecule has 1 aromatic carbocycles. The Bertz CT molecular complexity index is 437. The molecular formula is C16H24N2O. The molecule has 0 unspecified atom stereocenters. The molecule has 0 spiro atoms. The summed E-state index contributed by atoms with van der Waals surface area (Å²) in [4.78, 5) is 14.1. The van der Waals surface area contributed by atoms with Crippen LogP contribution < -0.4 is 5.73 Å². The van der Waals surface area contributed by atoms with Gasteiger partial charge in [0.1, 0.15) is 0 Å². The monoisotopic (exact) mass is 260 g/mol. The third-order valence-electron chi connectivity index (χ3n) is 4.08. The minimum atomic E-state index is 0.297. The maximum Gasteiger partial charge on any atom is 0.222 e. The third-order valence-corrected chi connectivity index (χ3v) is 4.08. The summed E-state index contributed by atoms with van der Waals surface area (Å²) in [6.45, 7) is 6.22. The molecule has 3 nitrogen and oxygen atoms in total. The van der Waals surface area contributed by atoms with E-state index < -0.39 is 0 Å². The number of nitrogens with two attached hydrogens (primary N) is 1. The fraction of sp³-hybridized carbons (Fsp3) is 0.562. The molecule has 0 atom stereocenters. The summed E-state index contributed by atoms with van der Waals surface area (Å²) in [7, 11) is 0. The van der Waals surface area contributed by atoms with Crippen LogP contribution in [0.2, 0.25) is 0 Å². The quantitative estimate of drug-likeness (QED) is 0.849. The predicted octanol–water partition coefficient (Wildman–Crippen LogP) is 2.85. The average molecular weight is 260 g/mol. The average Bonchev–Trinajstić information content (AvgIpc) is 2.50. The van der Waals surface area contributed by atoms with Gasteiger partial charge in [0.2, 0.25) is 5.91 Å². The lowest BCUT2D eigenvalue weighted by Crippen LogP contribution is -2.32. The number of benzene rings is 1. The Hall–Kier alpha value is -1.51. The molecule has 2 N–H and O–H groups in total. The van der Waals surface area contributed by atoms with Crippen molar-refractivity contribution in [1.82, 2.24) is 4.90 Å². The number of hydrogen-bond acceptors (Lipinski definition) is 2. The van der Waals surface area contributed by atoms with Crippen LogP contribution in [0.5, 0.6) is 0 Å². The fourth-order valence-corrected chi connectivity index (χ4v) is 2.48. The van der Waals surface area contributed by atoms with Gasteiger partial charge in [-0.3, -0.25) is 4.79 Å². The van der Waals surface area contributed by atoms with Crippen molar-refractivity contribution in [2.24, 2.45) is 5.41 Å². The van der Waals surface area contributed by atoms with Crippen LogP contribution in [0.1, 0.15) is 38.7 Å². The van der Waals surface area contributed by atoms with Crippen molar-refractivity contribution in [1.29, 1.82) is 0 Å². The number of carbonyl (C=O) groups is 1. The van der Waals surface area contributed by atoms with E-state index in [4.69, 9.17) is 5.73 Å². The van der Waals surface area contributed by atoms with E-state index in [9.17, 15) is 4.79 Å². The summed E-state index contributed by atoms with van der Waals surface area (Å²) < 4.78 is 0. The van der Waals surface area contributed by atoms with E-state index >= 15 is 0 Å². The summed E-state index contributed by atoms with van der Waals surface area (Å²) in [6.07, 6.45) is 3.70. The second kappa shape index (κ2) is 5.64. The third kappa shape index (κ3) is 3.98. The molecule has 1 aliphatic rings. The van der Waals surface area contributed by atoms with Gasteiger partial charge in [0, 0.05) is 25.2 Å². The summed E-state index contributed by atoms with van der Waals surface area (Å²) >= 11 is 0. The first-order chi connectivity index (χ1) is 8.96. The first-order valence-corrected chi connectivity index (χ1v) is 7.08. The smallest absolute Gasteiger partial charge is 0.222 e. The molecule has 19 heavy (non-hydrogen) atoms. The highest BCUT2D eigenvalue weighted by Crippen LogP contribution is 2.30. The Morgan fingerprint density at radius 3 is 2.58 bits per heavy atom. The normalized spacial score (nSPS) is 19.3. The Balaban J connectivity index is 1.91. The Morgan fingerprint density at radius 2 is 1.89 bits per heavy atom. The summed E-state index contributed by atoms with van der Waals surface area (Å²) in [5, 5.41) is 0. The zero-order chi connectivity index (χ0) is 13.9. The lowest BCUT2D eigenvalue weighted by atomic mass is 9.85. The Morgan fingerprint density at radius 1 is 1.21 bits per heavy atom. The number of likely N-dealkylation sites (tertiary alicyclic amines) is 1. The zero-order valence-electron chi connectivity index (χ0n) is 12.0. The standard InChI is InChI=1S/C16H24N2O/c1-16(2)9-7-15(19)18(12-10-16)11-8-13-3-5-14(17)6-4-13/h3-6H,7-12,17H2,1-2H3. The van der Waals surface area contributed by atoms with Gasteiger partial charge in [-0.2, -0.15) is 0 Å². The number of carbonyl (C=O) groups excluding carboxylic acids is 1. The van der Waals surface area contributed by atoms with Crippen molar-refractivity contribution < 1.29 is 4.79 Å². The van der Waals surface area contributed by atoms with Crippen molar-refractivity contribution in [2.45, 2.75) is 39.5 Å². The molecule has 0 bridgehead atoms. The second-order valence-corrected chi connectivity index (χ2v) is 6.29. The molecule has 1 aliphatic heterocycles. The molecule has 104 valence electrons. The highest BCUT2D eigenvalue weighted by atomic mass is 16.2. The topological polar surface area (TPSA) is 46.3 Å². The number of anilines is 1. The molecule has 2 rings (SSSR count). The van der Waals surface area contributed by atoms with Crippen LogP contribution in [-0.4, -0.2) is 23.9 Å². The summed E-state index contributed by atoms with van der Waals surface area (Å²) in [5.41, 5.74) is 8.00. The molecule has 1 heterocycles. The second-order valence-electron chi connectivity index (χ2n) is 6.29. The molecule has 3 heteroatoms. The van der Waals surface area contributed by atoms with Gasteiger partial charge in [-0.25, -0.2) is 0 Å². The maximum atomic E-state index is 12.1. The summed E-state index contributed by atoms with van der Waals surface area (Å²) in [6, 6.07) is 7.93. The minimum absolute atomic E-state index is 0.297. The molecule has 1 fully saturated rings. The molecule has 0 aromatic heterocycles. The molecule has 1 aromatic rings. The van der Waals surface area contributed by atoms with Crippen LogP contribution >= 0.6 is 0 Å². The number of nitrogen functional groups attached to an aromatic ring is 1. The first-order valence-electron chi connectivity index (χ1n) is 7.08. The predicted molar refractivity (Wildman–Crippen MR) is 78.8 cm³/mol. The van der Waals surface area contributed by atoms with Crippen LogP contribution in [0.4, 0.5) is 5.69 Å². The van der Waals surface area contributed by atoms with E-state index in [1.165, 1.54) is 5.56 Å². The van der Waals surface area contributed by atoms with Gasteiger partial charge < -0.3 is 10.6 Å². The zero-order valence-corrected chi connectivity index (χ0v) is 12.0. The number of hydrogen-bond donors (Lipinski definition) is 1. The van der Waals surface area contributed by atoms with E-state index in [2.05, 4.69) is 13.8 Å². The summed E-state index contributed by atoms with van der Waals surface area (Å²) in [5.74, 6) is 0.307. The highest BCUT2D eigenvalue weighted by Gasteiger charge is 2.26. The number of amides is 1. The van der Waals surface area contributed by atoms with Crippen LogP contribution in [-0.2, 0) is 11.2 Å². The Labute approximate surface area is 115 Å². The molecule has 0 aliphatic carbocycles. The van der Waals surface area contributed by atoms with Crippen molar-refractivity contribution in [3.05, 3.63) is 29.8 Å². The van der Waals surface area contributed by atoms with Crippen molar-refractivity contribution >= 4 is 11.6 Å². The lowest BCUT2D eigenvalue weighted by molar-refractivity contribution is -0.130. The maximum absolute atomic E-state index is 12.1. The van der Waals surface area contributed by atoms with Gasteiger partial charge >= 0.3 is 0 Å². The van der Waals surface area contributed by atoms with Gasteiger partial charge in [-0.15, -0.1) is 0 Å². The molecule has 0 saturated carbocycles. The van der Waals surface area contributed by atoms with Crippen LogP contribution in [0.3, 0.4) is 0 Å². The first kappa shape index (κ1) is 13.9.